The van der Waals surface area contributed by atoms with Crippen molar-refractivity contribution >= 4 is 69.7 Å². The molecule has 0 bridgehead atoms. The van der Waals surface area contributed by atoms with Gasteiger partial charge in [0.25, 0.3) is 0 Å². The van der Waals surface area contributed by atoms with E-state index in [1.54, 1.807) is 30.0 Å². The Hall–Kier alpha value is -0.470. The van der Waals surface area contributed by atoms with Crippen molar-refractivity contribution in [1.29, 1.82) is 0 Å². The standard InChI is InChI=1S/C14H15Cl2N3OS3/c1-3-6-21-13-18-19-14(23-13)22-8(2)12(20)17-11-5-4-9(15)7-10(11)16/h4-5,7-8H,3,6H2,1-2H3,(H,17,20)/t8-/m1/s1. The van der Waals surface area contributed by atoms with Gasteiger partial charge in [0.05, 0.1) is 16.0 Å². The second-order valence-corrected chi connectivity index (χ2v) is 9.31. The maximum atomic E-state index is 12.3. The number of nitrogens with zero attached hydrogens (tertiary/aromatic N) is 2. The smallest absolute Gasteiger partial charge is 0.237 e. The number of halogens is 2. The van der Waals surface area contributed by atoms with Gasteiger partial charge in [-0.3, -0.25) is 4.79 Å². The molecule has 23 heavy (non-hydrogen) atoms. The summed E-state index contributed by atoms with van der Waals surface area (Å²) in [5.41, 5.74) is 0.546. The Morgan fingerprint density at radius 2 is 2.09 bits per heavy atom. The number of thioether (sulfide) groups is 2. The number of anilines is 1. The van der Waals surface area contributed by atoms with Crippen molar-refractivity contribution in [3.8, 4) is 0 Å². The van der Waals surface area contributed by atoms with Crippen molar-refractivity contribution in [2.45, 2.75) is 34.2 Å². The van der Waals surface area contributed by atoms with Crippen LogP contribution in [0, 0.1) is 0 Å². The Morgan fingerprint density at radius 1 is 1.35 bits per heavy atom. The third kappa shape index (κ3) is 5.83. The Bertz CT molecular complexity index is 681. The minimum Gasteiger partial charge on any atom is -0.324 e. The van der Waals surface area contributed by atoms with Gasteiger partial charge in [0, 0.05) is 10.8 Å². The predicted octanol–water partition coefficient (Wildman–Crippen LogP) is 5.47. The zero-order chi connectivity index (χ0) is 16.8. The summed E-state index contributed by atoms with van der Waals surface area (Å²) in [6.07, 6.45) is 1.09. The number of hydrogen-bond donors (Lipinski definition) is 1. The fourth-order valence-corrected chi connectivity index (χ4v) is 5.07. The highest BCUT2D eigenvalue weighted by Crippen LogP contribution is 2.32. The molecule has 0 aliphatic rings. The predicted molar refractivity (Wildman–Crippen MR) is 101 cm³/mol. The van der Waals surface area contributed by atoms with E-state index in [-0.39, 0.29) is 11.2 Å². The number of hydrogen-bond acceptors (Lipinski definition) is 6. The Balaban J connectivity index is 1.93. The van der Waals surface area contributed by atoms with Crippen LogP contribution in [0.5, 0.6) is 0 Å². The first kappa shape index (κ1) is 18.9. The summed E-state index contributed by atoms with van der Waals surface area (Å²) in [4.78, 5) is 12.3. The van der Waals surface area contributed by atoms with E-state index in [1.807, 2.05) is 6.92 Å². The molecule has 2 aromatic rings. The molecule has 0 saturated carbocycles. The molecule has 1 aromatic carbocycles. The first-order chi connectivity index (χ1) is 11.0. The highest BCUT2D eigenvalue weighted by atomic mass is 35.5. The Kier molecular flexibility index (Phi) is 7.49. The number of benzene rings is 1. The summed E-state index contributed by atoms with van der Waals surface area (Å²) in [5.74, 6) is 0.877. The van der Waals surface area contributed by atoms with E-state index in [1.165, 1.54) is 23.1 Å². The molecule has 1 atom stereocenters. The fourth-order valence-electron chi connectivity index (χ4n) is 1.52. The van der Waals surface area contributed by atoms with E-state index in [2.05, 4.69) is 22.4 Å². The van der Waals surface area contributed by atoms with Crippen LogP contribution >= 0.6 is 58.1 Å². The van der Waals surface area contributed by atoms with Crippen molar-refractivity contribution in [2.24, 2.45) is 0 Å². The molecule has 1 N–H and O–H groups in total. The number of nitrogens with one attached hydrogen (secondary N) is 1. The Labute approximate surface area is 157 Å². The first-order valence-electron chi connectivity index (χ1n) is 6.88. The maximum Gasteiger partial charge on any atom is 0.237 e. The molecule has 9 heteroatoms. The molecule has 0 radical (unpaired) electrons. The number of carbonyl (C=O) groups is 1. The first-order valence-corrected chi connectivity index (χ1v) is 10.3. The van der Waals surface area contributed by atoms with Gasteiger partial charge in [-0.1, -0.05) is 65.0 Å². The number of carbonyl (C=O) groups excluding carboxylic acids is 1. The minimum absolute atomic E-state index is 0.141. The average molecular weight is 408 g/mol. The van der Waals surface area contributed by atoms with Crippen molar-refractivity contribution in [3.05, 3.63) is 28.2 Å². The van der Waals surface area contributed by atoms with Crippen LogP contribution in [0.4, 0.5) is 5.69 Å². The monoisotopic (exact) mass is 407 g/mol. The highest BCUT2D eigenvalue weighted by Gasteiger charge is 2.18. The van der Waals surface area contributed by atoms with Crippen LogP contribution in [0.3, 0.4) is 0 Å². The van der Waals surface area contributed by atoms with E-state index in [4.69, 9.17) is 23.2 Å². The Morgan fingerprint density at radius 3 is 2.78 bits per heavy atom. The largest absolute Gasteiger partial charge is 0.324 e. The molecule has 2 rings (SSSR count). The quantitative estimate of drug-likeness (QED) is 0.616. The number of rotatable bonds is 7. The molecule has 0 aliphatic heterocycles. The number of amides is 1. The van der Waals surface area contributed by atoms with Crippen LogP contribution in [-0.4, -0.2) is 27.1 Å². The summed E-state index contributed by atoms with van der Waals surface area (Å²) in [7, 11) is 0. The van der Waals surface area contributed by atoms with Crippen LogP contribution in [0.1, 0.15) is 20.3 Å². The van der Waals surface area contributed by atoms with Gasteiger partial charge in [-0.25, -0.2) is 0 Å². The average Bonchev–Trinajstić information content (AvgIpc) is 2.95. The van der Waals surface area contributed by atoms with Crippen molar-refractivity contribution in [1.82, 2.24) is 10.2 Å². The number of aromatic nitrogens is 2. The van der Waals surface area contributed by atoms with Crippen LogP contribution in [0.15, 0.2) is 26.9 Å². The van der Waals surface area contributed by atoms with Crippen LogP contribution in [-0.2, 0) is 4.79 Å². The van der Waals surface area contributed by atoms with Crippen molar-refractivity contribution in [2.75, 3.05) is 11.1 Å². The molecule has 0 unspecified atom stereocenters. The van der Waals surface area contributed by atoms with Gasteiger partial charge < -0.3 is 5.32 Å². The molecule has 4 nitrogen and oxygen atoms in total. The third-order valence-corrected chi connectivity index (χ3v) is 6.65. The van der Waals surface area contributed by atoms with E-state index >= 15 is 0 Å². The second-order valence-electron chi connectivity index (χ2n) is 4.56. The lowest BCUT2D eigenvalue weighted by Crippen LogP contribution is -2.22. The van der Waals surface area contributed by atoms with E-state index in [0.717, 1.165) is 20.9 Å². The van der Waals surface area contributed by atoms with Gasteiger partial charge in [-0.2, -0.15) is 0 Å². The summed E-state index contributed by atoms with van der Waals surface area (Å²) >= 11 is 16.5. The van der Waals surface area contributed by atoms with Gasteiger partial charge in [0.15, 0.2) is 8.68 Å². The van der Waals surface area contributed by atoms with Gasteiger partial charge >= 0.3 is 0 Å². The molecule has 1 aromatic heterocycles. The van der Waals surface area contributed by atoms with Crippen molar-refractivity contribution < 1.29 is 4.79 Å². The molecule has 1 amide bonds. The van der Waals surface area contributed by atoms with Crippen LogP contribution in [0.25, 0.3) is 0 Å². The summed E-state index contributed by atoms with van der Waals surface area (Å²) in [6, 6.07) is 4.96. The second kappa shape index (κ2) is 9.13. The molecule has 0 aliphatic carbocycles. The van der Waals surface area contributed by atoms with Crippen LogP contribution in [0.2, 0.25) is 10.0 Å². The minimum atomic E-state index is -0.307. The summed E-state index contributed by atoms with van der Waals surface area (Å²) < 4.78 is 1.72. The van der Waals surface area contributed by atoms with E-state index in [9.17, 15) is 4.79 Å². The van der Waals surface area contributed by atoms with Gasteiger partial charge in [-0.15, -0.1) is 10.2 Å². The summed E-state index contributed by atoms with van der Waals surface area (Å²) in [5, 5.41) is 11.7. The molecule has 0 fully saturated rings. The van der Waals surface area contributed by atoms with Crippen molar-refractivity contribution in [3.63, 3.8) is 0 Å². The van der Waals surface area contributed by atoms with Crippen LogP contribution < -0.4 is 5.32 Å². The molecular weight excluding hydrogens is 393 g/mol. The normalized spacial score (nSPS) is 12.2. The zero-order valence-electron chi connectivity index (χ0n) is 12.5. The molecule has 0 saturated heterocycles. The topological polar surface area (TPSA) is 54.9 Å². The lowest BCUT2D eigenvalue weighted by molar-refractivity contribution is -0.115. The molecule has 0 spiro atoms. The van der Waals surface area contributed by atoms with E-state index in [0.29, 0.717) is 15.7 Å². The molecule has 124 valence electrons. The molecular formula is C14H15Cl2N3OS3. The molecule has 1 heterocycles. The lowest BCUT2D eigenvalue weighted by atomic mass is 10.3. The zero-order valence-corrected chi connectivity index (χ0v) is 16.5. The van der Waals surface area contributed by atoms with E-state index < -0.39 is 0 Å². The lowest BCUT2D eigenvalue weighted by Gasteiger charge is -2.11. The SMILES string of the molecule is CCCSc1nnc(S[C@H](C)C(=O)Nc2ccc(Cl)cc2Cl)s1. The maximum absolute atomic E-state index is 12.3. The van der Waals surface area contributed by atoms with Gasteiger partial charge in [0.2, 0.25) is 5.91 Å². The van der Waals surface area contributed by atoms with Gasteiger partial charge in [0.1, 0.15) is 0 Å². The van der Waals surface area contributed by atoms with Gasteiger partial charge in [-0.05, 0) is 31.5 Å². The third-order valence-electron chi connectivity index (χ3n) is 2.65. The highest BCUT2D eigenvalue weighted by molar-refractivity contribution is 8.03. The summed E-state index contributed by atoms with van der Waals surface area (Å²) in [6.45, 7) is 3.95. The fraction of sp³-hybridized carbons (Fsp3) is 0.357.